The van der Waals surface area contributed by atoms with Gasteiger partial charge in [0.15, 0.2) is 0 Å². The van der Waals surface area contributed by atoms with Gasteiger partial charge in [0.2, 0.25) is 0 Å². The van der Waals surface area contributed by atoms with Crippen LogP contribution in [-0.4, -0.2) is 63.0 Å². The van der Waals surface area contributed by atoms with Gasteiger partial charge in [0, 0.05) is 26.2 Å². The number of hydrogen-bond acceptors (Lipinski definition) is 5. The molecule has 1 atom stereocenters. The summed E-state index contributed by atoms with van der Waals surface area (Å²) >= 11 is 0. The zero-order valence-corrected chi connectivity index (χ0v) is 13.8. The number of methoxy groups -OCH3 is 1. The summed E-state index contributed by atoms with van der Waals surface area (Å²) in [5.74, 6) is -1.01. The van der Waals surface area contributed by atoms with E-state index >= 15 is 0 Å². The van der Waals surface area contributed by atoms with Gasteiger partial charge in [0.05, 0.1) is 26.2 Å². The van der Waals surface area contributed by atoms with Crippen LogP contribution in [0.2, 0.25) is 0 Å². The molecule has 0 aromatic heterocycles. The number of benzene rings is 1. The molecule has 8 heteroatoms. The van der Waals surface area contributed by atoms with E-state index in [4.69, 9.17) is 9.47 Å². The summed E-state index contributed by atoms with van der Waals surface area (Å²) in [4.78, 5) is 12.1. The molecule has 126 valence electrons. The molecule has 0 amide bonds. The first kappa shape index (κ1) is 16.4. The van der Waals surface area contributed by atoms with Gasteiger partial charge in [-0.15, -0.1) is 0 Å². The van der Waals surface area contributed by atoms with Crippen molar-refractivity contribution in [2.24, 2.45) is 0 Å². The van der Waals surface area contributed by atoms with E-state index in [9.17, 15) is 13.2 Å². The van der Waals surface area contributed by atoms with Gasteiger partial charge < -0.3 is 9.47 Å². The topological polar surface area (TPSA) is 76.2 Å². The Morgan fingerprint density at radius 1 is 1.22 bits per heavy atom. The highest BCUT2D eigenvalue weighted by Crippen LogP contribution is 2.31. The molecule has 1 saturated heterocycles. The third kappa shape index (κ3) is 3.12. The van der Waals surface area contributed by atoms with Crippen molar-refractivity contribution in [2.75, 3.05) is 40.0 Å². The molecule has 23 heavy (non-hydrogen) atoms. The van der Waals surface area contributed by atoms with Gasteiger partial charge >= 0.3 is 5.97 Å². The smallest absolute Gasteiger partial charge is 0.314 e. The van der Waals surface area contributed by atoms with Crippen LogP contribution in [0.1, 0.15) is 17.0 Å². The first-order valence-corrected chi connectivity index (χ1v) is 8.92. The van der Waals surface area contributed by atoms with Gasteiger partial charge in [-0.1, -0.05) is 24.3 Å². The van der Waals surface area contributed by atoms with Crippen molar-refractivity contribution in [1.29, 1.82) is 0 Å². The Balaban J connectivity index is 1.91. The normalized spacial score (nSPS) is 23.3. The Labute approximate surface area is 136 Å². The summed E-state index contributed by atoms with van der Waals surface area (Å²) in [5.41, 5.74) is 1.68. The molecule has 1 aromatic carbocycles. The molecule has 2 aliphatic heterocycles. The van der Waals surface area contributed by atoms with Gasteiger partial charge in [-0.3, -0.25) is 4.79 Å². The Kier molecular flexibility index (Phi) is 4.67. The molecule has 0 bridgehead atoms. The van der Waals surface area contributed by atoms with Crippen molar-refractivity contribution < 1.29 is 22.7 Å². The van der Waals surface area contributed by atoms with Crippen LogP contribution in [0.5, 0.6) is 0 Å². The van der Waals surface area contributed by atoms with Gasteiger partial charge in [-0.2, -0.15) is 17.0 Å². The second-order valence-corrected chi connectivity index (χ2v) is 7.51. The average molecular weight is 340 g/mol. The Morgan fingerprint density at radius 2 is 1.91 bits per heavy atom. The van der Waals surface area contributed by atoms with Crippen molar-refractivity contribution in [3.05, 3.63) is 35.4 Å². The molecule has 2 heterocycles. The van der Waals surface area contributed by atoms with E-state index < -0.39 is 22.1 Å². The van der Waals surface area contributed by atoms with E-state index in [1.165, 1.54) is 15.7 Å². The van der Waals surface area contributed by atoms with Crippen LogP contribution in [0, 0.1) is 0 Å². The van der Waals surface area contributed by atoms with Crippen LogP contribution < -0.4 is 0 Å². The molecule has 0 N–H and O–H groups in total. The number of nitrogens with zero attached hydrogens (tertiary/aromatic N) is 2. The predicted molar refractivity (Wildman–Crippen MR) is 82.9 cm³/mol. The average Bonchev–Trinajstić information content (AvgIpc) is 2.60. The highest BCUT2D eigenvalue weighted by Gasteiger charge is 2.39. The second kappa shape index (κ2) is 6.56. The molecule has 3 rings (SSSR count). The number of hydrogen-bond donors (Lipinski definition) is 0. The predicted octanol–water partition coefficient (Wildman–Crippen LogP) is 0.336. The lowest BCUT2D eigenvalue weighted by molar-refractivity contribution is -0.142. The quantitative estimate of drug-likeness (QED) is 0.742. The number of rotatable bonds is 3. The number of carbonyl (C=O) groups is 1. The molecule has 0 radical (unpaired) electrons. The van der Waals surface area contributed by atoms with Crippen molar-refractivity contribution in [2.45, 2.75) is 12.5 Å². The van der Waals surface area contributed by atoms with Crippen LogP contribution in [-0.2, 0) is 31.0 Å². The summed E-state index contributed by atoms with van der Waals surface area (Å²) in [6, 6.07) is 7.40. The Bertz CT molecular complexity index is 685. The van der Waals surface area contributed by atoms with Crippen molar-refractivity contribution in [3.63, 3.8) is 0 Å². The molecule has 0 saturated carbocycles. The van der Waals surface area contributed by atoms with Crippen molar-refractivity contribution in [1.82, 2.24) is 8.61 Å². The highest BCUT2D eigenvalue weighted by molar-refractivity contribution is 7.86. The molecular weight excluding hydrogens is 320 g/mol. The minimum atomic E-state index is -3.62. The van der Waals surface area contributed by atoms with E-state index in [1.54, 1.807) is 0 Å². The highest BCUT2D eigenvalue weighted by atomic mass is 32.2. The Morgan fingerprint density at radius 3 is 2.61 bits per heavy atom. The first-order chi connectivity index (χ1) is 11.0. The van der Waals surface area contributed by atoms with Crippen LogP contribution in [0.25, 0.3) is 0 Å². The van der Waals surface area contributed by atoms with E-state index in [2.05, 4.69) is 0 Å². The maximum absolute atomic E-state index is 12.9. The Hall–Kier alpha value is -1.48. The van der Waals surface area contributed by atoms with Crippen molar-refractivity contribution in [3.8, 4) is 0 Å². The fourth-order valence-electron chi connectivity index (χ4n) is 3.03. The largest absolute Gasteiger partial charge is 0.469 e. The van der Waals surface area contributed by atoms with Gasteiger partial charge in [-0.05, 0) is 11.1 Å². The zero-order valence-electron chi connectivity index (χ0n) is 13.0. The fourth-order valence-corrected chi connectivity index (χ4v) is 4.61. The molecule has 1 fully saturated rings. The van der Waals surface area contributed by atoms with Crippen LogP contribution in [0.3, 0.4) is 0 Å². The molecule has 0 aliphatic carbocycles. The van der Waals surface area contributed by atoms with E-state index in [1.807, 2.05) is 24.3 Å². The number of carbonyl (C=O) groups excluding carboxylic acids is 1. The van der Waals surface area contributed by atoms with Crippen LogP contribution >= 0.6 is 0 Å². The maximum atomic E-state index is 12.9. The second-order valence-electron chi connectivity index (χ2n) is 5.59. The lowest BCUT2D eigenvalue weighted by atomic mass is 9.91. The summed E-state index contributed by atoms with van der Waals surface area (Å²) in [5, 5.41) is 0. The molecular formula is C15H20N2O5S. The van der Waals surface area contributed by atoms with Crippen LogP contribution in [0.4, 0.5) is 0 Å². The lowest BCUT2D eigenvalue weighted by Gasteiger charge is -2.36. The number of morpholine rings is 1. The van der Waals surface area contributed by atoms with Gasteiger partial charge in [-0.25, -0.2) is 0 Å². The monoisotopic (exact) mass is 340 g/mol. The maximum Gasteiger partial charge on any atom is 0.314 e. The third-order valence-electron chi connectivity index (χ3n) is 4.27. The number of esters is 1. The fraction of sp³-hybridized carbons (Fsp3) is 0.533. The van der Waals surface area contributed by atoms with Crippen LogP contribution in [0.15, 0.2) is 24.3 Å². The molecule has 1 aromatic rings. The van der Waals surface area contributed by atoms with Crippen molar-refractivity contribution >= 4 is 16.2 Å². The zero-order chi connectivity index (χ0) is 16.4. The number of ether oxygens (including phenoxy) is 2. The minimum Gasteiger partial charge on any atom is -0.469 e. The standard InChI is InChI=1S/C15H20N2O5S/c1-21-15(18)14-11-17(10-12-4-2-3-5-13(12)14)23(19,20)16-6-8-22-9-7-16/h2-5,14H,6-11H2,1H3. The lowest BCUT2D eigenvalue weighted by Crippen LogP contribution is -2.51. The van der Waals surface area contributed by atoms with E-state index in [-0.39, 0.29) is 13.1 Å². The summed E-state index contributed by atoms with van der Waals surface area (Å²) in [7, 11) is -2.30. The molecule has 0 spiro atoms. The van der Waals surface area contributed by atoms with E-state index in [0.717, 1.165) is 11.1 Å². The first-order valence-electron chi connectivity index (χ1n) is 7.52. The van der Waals surface area contributed by atoms with Gasteiger partial charge in [0.25, 0.3) is 10.2 Å². The number of fused-ring (bicyclic) bond motifs is 1. The molecule has 2 aliphatic rings. The SMILES string of the molecule is COC(=O)C1CN(S(=O)(=O)N2CCOCC2)Cc2ccccc21. The molecule has 1 unspecified atom stereocenters. The van der Waals surface area contributed by atoms with E-state index in [0.29, 0.717) is 26.3 Å². The summed E-state index contributed by atoms with van der Waals surface area (Å²) in [6.07, 6.45) is 0. The summed E-state index contributed by atoms with van der Waals surface area (Å²) < 4.78 is 38.6. The third-order valence-corrected chi connectivity index (χ3v) is 6.22. The summed E-state index contributed by atoms with van der Waals surface area (Å²) in [6.45, 7) is 1.83. The minimum absolute atomic E-state index is 0.101. The molecule has 7 nitrogen and oxygen atoms in total. The van der Waals surface area contributed by atoms with Gasteiger partial charge in [0.1, 0.15) is 0 Å².